The van der Waals surface area contributed by atoms with E-state index in [0.29, 0.717) is 26.3 Å². The van der Waals surface area contributed by atoms with E-state index in [0.717, 1.165) is 6.42 Å². The number of ether oxygens (including phenoxy) is 2. The molecule has 1 aliphatic heterocycles. The zero-order valence-corrected chi connectivity index (χ0v) is 15.3. The Hall–Kier alpha value is -1.30. The maximum atomic E-state index is 12.9. The molecule has 1 fully saturated rings. The van der Waals surface area contributed by atoms with Crippen LogP contribution in [0.4, 0.5) is 4.79 Å². The molecule has 6 heteroatoms. The van der Waals surface area contributed by atoms with Crippen LogP contribution in [0.2, 0.25) is 0 Å². The molecule has 2 unspecified atom stereocenters. The lowest BCUT2D eigenvalue weighted by Crippen LogP contribution is -2.50. The number of amides is 2. The monoisotopic (exact) mass is 328 g/mol. The summed E-state index contributed by atoms with van der Waals surface area (Å²) in [6.07, 6.45) is 0.368. The molecule has 1 N–H and O–H groups in total. The summed E-state index contributed by atoms with van der Waals surface area (Å²) in [5, 5.41) is 2.81. The summed E-state index contributed by atoms with van der Waals surface area (Å²) in [6.45, 7) is 13.9. The van der Waals surface area contributed by atoms with Crippen molar-refractivity contribution >= 4 is 12.0 Å². The van der Waals surface area contributed by atoms with E-state index in [4.69, 9.17) is 9.47 Å². The van der Waals surface area contributed by atoms with Gasteiger partial charge in [-0.1, -0.05) is 13.8 Å². The number of carbonyl (C=O) groups excluding carboxylic acids is 2. The molecule has 2 atom stereocenters. The number of rotatable bonds is 4. The second-order valence-electron chi connectivity index (χ2n) is 7.50. The van der Waals surface area contributed by atoms with E-state index in [1.165, 1.54) is 0 Å². The summed E-state index contributed by atoms with van der Waals surface area (Å²) in [5.74, 6) is -0.0775. The molecule has 23 heavy (non-hydrogen) atoms. The topological polar surface area (TPSA) is 67.9 Å². The number of hydrogen-bond acceptors (Lipinski definition) is 4. The van der Waals surface area contributed by atoms with Gasteiger partial charge < -0.3 is 19.7 Å². The van der Waals surface area contributed by atoms with Gasteiger partial charge in [0.1, 0.15) is 5.60 Å². The molecule has 1 heterocycles. The Balaban J connectivity index is 2.72. The van der Waals surface area contributed by atoms with Crippen molar-refractivity contribution in [2.45, 2.75) is 59.6 Å². The Morgan fingerprint density at radius 3 is 2.35 bits per heavy atom. The van der Waals surface area contributed by atoms with Crippen LogP contribution in [0.3, 0.4) is 0 Å². The number of nitrogens with zero attached hydrogens (tertiary/aromatic N) is 1. The predicted molar refractivity (Wildman–Crippen MR) is 89.2 cm³/mol. The summed E-state index contributed by atoms with van der Waals surface area (Å²) >= 11 is 0. The van der Waals surface area contributed by atoms with Gasteiger partial charge in [-0.2, -0.15) is 0 Å². The average molecular weight is 328 g/mol. The second kappa shape index (κ2) is 8.52. The largest absolute Gasteiger partial charge is 0.444 e. The van der Waals surface area contributed by atoms with E-state index in [1.54, 1.807) is 0 Å². The second-order valence-corrected chi connectivity index (χ2v) is 7.50. The molecule has 0 radical (unpaired) electrons. The summed E-state index contributed by atoms with van der Waals surface area (Å²) in [6, 6.07) is -0.290. The summed E-state index contributed by atoms with van der Waals surface area (Å²) < 4.78 is 10.7. The van der Waals surface area contributed by atoms with Crippen LogP contribution in [0.15, 0.2) is 0 Å². The molecule has 0 aromatic rings. The molecule has 1 rings (SSSR count). The van der Waals surface area contributed by atoms with Gasteiger partial charge >= 0.3 is 6.09 Å². The predicted octanol–water partition coefficient (Wildman–Crippen LogP) is 2.42. The Labute approximate surface area is 139 Å². The van der Waals surface area contributed by atoms with E-state index in [-0.39, 0.29) is 23.8 Å². The third kappa shape index (κ3) is 6.77. The zero-order valence-electron chi connectivity index (χ0n) is 15.3. The van der Waals surface area contributed by atoms with Crippen LogP contribution in [-0.4, -0.2) is 54.8 Å². The Morgan fingerprint density at radius 2 is 1.78 bits per heavy atom. The van der Waals surface area contributed by atoms with Gasteiger partial charge in [-0.25, -0.2) is 4.79 Å². The highest BCUT2D eigenvalue weighted by molar-refractivity contribution is 5.80. The van der Waals surface area contributed by atoms with Gasteiger partial charge in [-0.05, 0) is 40.0 Å². The lowest BCUT2D eigenvalue weighted by Gasteiger charge is -2.32. The first-order valence-electron chi connectivity index (χ1n) is 8.48. The number of alkyl carbamates (subject to hydrolysis) is 1. The van der Waals surface area contributed by atoms with E-state index in [9.17, 15) is 9.59 Å². The Morgan fingerprint density at radius 1 is 1.13 bits per heavy atom. The highest BCUT2D eigenvalue weighted by atomic mass is 16.6. The first kappa shape index (κ1) is 19.7. The SMILES string of the molecule is CC(C)C(C(=O)N1CCCOCC1)C(C)NC(=O)OC(C)(C)C. The van der Waals surface area contributed by atoms with Crippen LogP contribution in [0.1, 0.15) is 48.0 Å². The number of hydrogen-bond donors (Lipinski definition) is 1. The first-order valence-corrected chi connectivity index (χ1v) is 8.48. The standard InChI is InChI=1S/C17H32N2O4/c1-12(2)14(13(3)18-16(21)23-17(4,5)6)15(20)19-8-7-10-22-11-9-19/h12-14H,7-11H2,1-6H3,(H,18,21). The molecule has 0 aliphatic carbocycles. The minimum atomic E-state index is -0.552. The fraction of sp³-hybridized carbons (Fsp3) is 0.882. The van der Waals surface area contributed by atoms with Gasteiger partial charge in [0.15, 0.2) is 0 Å². The fourth-order valence-electron chi connectivity index (χ4n) is 2.84. The van der Waals surface area contributed by atoms with Crippen molar-refractivity contribution in [3.05, 3.63) is 0 Å². The van der Waals surface area contributed by atoms with Crippen LogP contribution in [0.5, 0.6) is 0 Å². The van der Waals surface area contributed by atoms with Gasteiger partial charge in [-0.15, -0.1) is 0 Å². The molecule has 0 bridgehead atoms. The van der Waals surface area contributed by atoms with Crippen LogP contribution in [0, 0.1) is 11.8 Å². The zero-order chi connectivity index (χ0) is 17.6. The van der Waals surface area contributed by atoms with Crippen molar-refractivity contribution in [1.29, 1.82) is 0 Å². The van der Waals surface area contributed by atoms with Crippen molar-refractivity contribution in [3.63, 3.8) is 0 Å². The van der Waals surface area contributed by atoms with Crippen molar-refractivity contribution in [2.75, 3.05) is 26.3 Å². The minimum Gasteiger partial charge on any atom is -0.444 e. The van der Waals surface area contributed by atoms with Crippen LogP contribution in [-0.2, 0) is 14.3 Å². The lowest BCUT2D eigenvalue weighted by atomic mass is 9.88. The molecule has 0 aromatic carbocycles. The number of nitrogens with one attached hydrogen (secondary N) is 1. The van der Waals surface area contributed by atoms with Gasteiger partial charge in [0.25, 0.3) is 0 Å². The fourth-order valence-corrected chi connectivity index (χ4v) is 2.84. The summed E-state index contributed by atoms with van der Waals surface area (Å²) in [4.78, 5) is 26.7. The maximum Gasteiger partial charge on any atom is 0.407 e. The molecular weight excluding hydrogens is 296 g/mol. The molecule has 1 aliphatic rings. The van der Waals surface area contributed by atoms with E-state index in [1.807, 2.05) is 46.4 Å². The molecule has 0 spiro atoms. The van der Waals surface area contributed by atoms with Gasteiger partial charge in [0.2, 0.25) is 5.91 Å². The van der Waals surface area contributed by atoms with Crippen molar-refractivity contribution in [3.8, 4) is 0 Å². The minimum absolute atomic E-state index is 0.0778. The summed E-state index contributed by atoms with van der Waals surface area (Å²) in [7, 11) is 0. The molecule has 0 saturated carbocycles. The summed E-state index contributed by atoms with van der Waals surface area (Å²) in [5.41, 5.74) is -0.552. The number of carbonyl (C=O) groups is 2. The van der Waals surface area contributed by atoms with Crippen LogP contribution in [0.25, 0.3) is 0 Å². The van der Waals surface area contributed by atoms with E-state index >= 15 is 0 Å². The highest BCUT2D eigenvalue weighted by Gasteiger charge is 2.33. The molecule has 6 nitrogen and oxygen atoms in total. The highest BCUT2D eigenvalue weighted by Crippen LogP contribution is 2.20. The molecule has 134 valence electrons. The van der Waals surface area contributed by atoms with Gasteiger partial charge in [-0.3, -0.25) is 4.79 Å². The third-order valence-corrected chi connectivity index (χ3v) is 3.82. The quantitative estimate of drug-likeness (QED) is 0.860. The molecule has 1 saturated heterocycles. The Kier molecular flexibility index (Phi) is 7.32. The van der Waals surface area contributed by atoms with E-state index < -0.39 is 11.7 Å². The van der Waals surface area contributed by atoms with Crippen molar-refractivity contribution in [2.24, 2.45) is 11.8 Å². The molecular formula is C17H32N2O4. The van der Waals surface area contributed by atoms with Crippen molar-refractivity contribution in [1.82, 2.24) is 10.2 Å². The first-order chi connectivity index (χ1) is 10.6. The normalized spacial score (nSPS) is 19.0. The smallest absolute Gasteiger partial charge is 0.407 e. The van der Waals surface area contributed by atoms with Gasteiger partial charge in [0, 0.05) is 25.7 Å². The maximum absolute atomic E-state index is 12.9. The van der Waals surface area contributed by atoms with E-state index in [2.05, 4.69) is 5.32 Å². The lowest BCUT2D eigenvalue weighted by molar-refractivity contribution is -0.138. The molecule has 0 aromatic heterocycles. The average Bonchev–Trinajstić information content (AvgIpc) is 2.64. The van der Waals surface area contributed by atoms with Crippen LogP contribution >= 0.6 is 0 Å². The van der Waals surface area contributed by atoms with Crippen LogP contribution < -0.4 is 5.32 Å². The third-order valence-electron chi connectivity index (χ3n) is 3.82. The van der Waals surface area contributed by atoms with Gasteiger partial charge in [0.05, 0.1) is 12.5 Å². The molecule has 2 amide bonds. The Bertz CT molecular complexity index is 396. The van der Waals surface area contributed by atoms with Crippen molar-refractivity contribution < 1.29 is 19.1 Å².